The van der Waals surface area contributed by atoms with Gasteiger partial charge in [0, 0.05) is 22.9 Å². The lowest BCUT2D eigenvalue weighted by Crippen LogP contribution is -2.35. The number of anilines is 1. The van der Waals surface area contributed by atoms with Crippen LogP contribution >= 0.6 is 0 Å². The molecule has 27 heavy (non-hydrogen) atoms. The molecule has 136 valence electrons. The Morgan fingerprint density at radius 3 is 2.52 bits per heavy atom. The van der Waals surface area contributed by atoms with Gasteiger partial charge in [-0.3, -0.25) is 9.59 Å². The number of fused-ring (bicyclic) bond motifs is 1. The fourth-order valence-electron chi connectivity index (χ4n) is 3.46. The lowest BCUT2D eigenvalue weighted by molar-refractivity contribution is 0.0944. The molecule has 5 nitrogen and oxygen atoms in total. The summed E-state index contributed by atoms with van der Waals surface area (Å²) in [6.45, 7) is 2.38. The van der Waals surface area contributed by atoms with Crippen LogP contribution < -0.4 is 10.2 Å². The van der Waals surface area contributed by atoms with Crippen molar-refractivity contribution in [3.63, 3.8) is 0 Å². The van der Waals surface area contributed by atoms with Gasteiger partial charge in [0.2, 0.25) is 0 Å². The number of furan rings is 1. The van der Waals surface area contributed by atoms with Crippen molar-refractivity contribution in [3.05, 3.63) is 89.4 Å². The highest BCUT2D eigenvalue weighted by Gasteiger charge is 2.31. The molecule has 1 N–H and O–H groups in total. The van der Waals surface area contributed by atoms with E-state index in [1.807, 2.05) is 30.0 Å². The van der Waals surface area contributed by atoms with E-state index in [0.29, 0.717) is 23.4 Å². The van der Waals surface area contributed by atoms with Gasteiger partial charge < -0.3 is 14.6 Å². The number of amides is 2. The maximum atomic E-state index is 13.0. The zero-order valence-corrected chi connectivity index (χ0v) is 15.0. The van der Waals surface area contributed by atoms with Crippen molar-refractivity contribution in [2.24, 2.45) is 0 Å². The Morgan fingerprint density at radius 2 is 1.78 bits per heavy atom. The number of nitrogens with one attached hydrogen (secondary N) is 1. The molecule has 2 heterocycles. The van der Waals surface area contributed by atoms with Crippen molar-refractivity contribution in [1.29, 1.82) is 0 Å². The van der Waals surface area contributed by atoms with Crippen LogP contribution in [0.15, 0.2) is 71.3 Å². The summed E-state index contributed by atoms with van der Waals surface area (Å²) in [6.07, 6.45) is 2.43. The van der Waals surface area contributed by atoms with Gasteiger partial charge >= 0.3 is 0 Å². The molecular formula is C22H20N2O3. The van der Waals surface area contributed by atoms with Gasteiger partial charge in [0.1, 0.15) is 5.76 Å². The first-order valence-corrected chi connectivity index (χ1v) is 8.95. The average molecular weight is 360 g/mol. The number of carbonyl (C=O) groups is 2. The Hall–Kier alpha value is -3.34. The first-order chi connectivity index (χ1) is 13.1. The van der Waals surface area contributed by atoms with Crippen molar-refractivity contribution in [1.82, 2.24) is 5.32 Å². The molecule has 0 saturated carbocycles. The summed E-state index contributed by atoms with van der Waals surface area (Å²) in [6, 6.07) is 18.4. The minimum atomic E-state index is -0.203. The molecule has 1 aliphatic heterocycles. The van der Waals surface area contributed by atoms with Crippen molar-refractivity contribution in [3.8, 4) is 0 Å². The normalized spacial score (nSPS) is 15.4. The molecule has 0 radical (unpaired) electrons. The van der Waals surface area contributed by atoms with Crippen LogP contribution in [0.4, 0.5) is 5.69 Å². The monoisotopic (exact) mass is 360 g/mol. The molecule has 0 bridgehead atoms. The second-order valence-corrected chi connectivity index (χ2v) is 6.70. The minimum Gasteiger partial charge on any atom is -0.467 e. The number of benzene rings is 2. The molecule has 0 saturated heterocycles. The second-order valence-electron chi connectivity index (χ2n) is 6.70. The topological polar surface area (TPSA) is 62.6 Å². The van der Waals surface area contributed by atoms with Gasteiger partial charge in [-0.25, -0.2) is 0 Å². The molecule has 0 fully saturated rings. The smallest absolute Gasteiger partial charge is 0.258 e. The number of rotatable bonds is 4. The Labute approximate surface area is 157 Å². The predicted molar refractivity (Wildman–Crippen MR) is 103 cm³/mol. The highest BCUT2D eigenvalue weighted by Crippen LogP contribution is 2.33. The van der Waals surface area contributed by atoms with E-state index in [0.717, 1.165) is 12.1 Å². The molecule has 5 heteroatoms. The van der Waals surface area contributed by atoms with Crippen LogP contribution in [0, 0.1) is 0 Å². The second kappa shape index (κ2) is 7.11. The Morgan fingerprint density at radius 1 is 1.04 bits per heavy atom. The van der Waals surface area contributed by atoms with Crippen LogP contribution in [0.1, 0.15) is 39.0 Å². The van der Waals surface area contributed by atoms with E-state index in [1.165, 1.54) is 5.56 Å². The fourth-order valence-corrected chi connectivity index (χ4v) is 3.46. The van der Waals surface area contributed by atoms with E-state index < -0.39 is 0 Å². The van der Waals surface area contributed by atoms with E-state index in [9.17, 15) is 9.59 Å². The summed E-state index contributed by atoms with van der Waals surface area (Å²) in [4.78, 5) is 27.1. The van der Waals surface area contributed by atoms with Crippen LogP contribution in [0.3, 0.4) is 0 Å². The maximum Gasteiger partial charge on any atom is 0.258 e. The lowest BCUT2D eigenvalue weighted by atomic mass is 10.1. The number of carbonyl (C=O) groups excluding carboxylic acids is 2. The van der Waals surface area contributed by atoms with E-state index >= 15 is 0 Å². The van der Waals surface area contributed by atoms with Gasteiger partial charge in [-0.2, -0.15) is 0 Å². The lowest BCUT2D eigenvalue weighted by Gasteiger charge is -2.22. The molecule has 1 atom stereocenters. The molecule has 0 spiro atoms. The molecule has 1 unspecified atom stereocenters. The standard InChI is InChI=1S/C22H20N2O3/c1-15-13-18-5-2-3-7-20(18)24(15)22(26)17-10-8-16(9-11-17)21(25)23-14-19-6-4-12-27-19/h2-12,15H,13-14H2,1H3,(H,23,25). The SMILES string of the molecule is CC1Cc2ccccc2N1C(=O)c1ccc(C(=O)NCc2ccco2)cc1. The molecule has 1 aromatic heterocycles. The number of nitrogens with zero attached hydrogens (tertiary/aromatic N) is 1. The minimum absolute atomic E-state index is 0.0463. The summed E-state index contributed by atoms with van der Waals surface area (Å²) < 4.78 is 5.20. The van der Waals surface area contributed by atoms with Crippen molar-refractivity contribution in [2.75, 3.05) is 4.90 Å². The quantitative estimate of drug-likeness (QED) is 0.770. The van der Waals surface area contributed by atoms with Gasteiger partial charge in [0.15, 0.2) is 0 Å². The van der Waals surface area contributed by atoms with Gasteiger partial charge in [-0.1, -0.05) is 18.2 Å². The van der Waals surface area contributed by atoms with Crippen LogP contribution in [-0.4, -0.2) is 17.9 Å². The van der Waals surface area contributed by atoms with Crippen LogP contribution in [0.2, 0.25) is 0 Å². The highest BCUT2D eigenvalue weighted by atomic mass is 16.3. The zero-order valence-electron chi connectivity index (χ0n) is 15.0. The van der Waals surface area contributed by atoms with Gasteiger partial charge in [-0.15, -0.1) is 0 Å². The van der Waals surface area contributed by atoms with Crippen LogP contribution in [0.5, 0.6) is 0 Å². The van der Waals surface area contributed by atoms with Crippen LogP contribution in [0.25, 0.3) is 0 Å². The first kappa shape index (κ1) is 17.1. The average Bonchev–Trinajstić information content (AvgIpc) is 3.32. The molecular weight excluding hydrogens is 340 g/mol. The van der Waals surface area contributed by atoms with Gasteiger partial charge in [0.25, 0.3) is 11.8 Å². The number of para-hydroxylation sites is 1. The first-order valence-electron chi connectivity index (χ1n) is 8.95. The summed E-state index contributed by atoms with van der Waals surface area (Å²) in [5, 5.41) is 2.80. The zero-order chi connectivity index (χ0) is 18.8. The number of hydrogen-bond acceptors (Lipinski definition) is 3. The summed E-state index contributed by atoms with van der Waals surface area (Å²) in [5.41, 5.74) is 3.23. The van der Waals surface area contributed by atoms with E-state index in [1.54, 1.807) is 42.7 Å². The third kappa shape index (κ3) is 3.36. The van der Waals surface area contributed by atoms with E-state index in [2.05, 4.69) is 11.4 Å². The molecule has 0 aliphatic carbocycles. The summed E-state index contributed by atoms with van der Waals surface area (Å²) >= 11 is 0. The van der Waals surface area contributed by atoms with Crippen molar-refractivity contribution < 1.29 is 14.0 Å². The summed E-state index contributed by atoms with van der Waals surface area (Å²) in [7, 11) is 0. The molecule has 2 amide bonds. The van der Waals surface area contributed by atoms with E-state index in [4.69, 9.17) is 4.42 Å². The molecule has 1 aliphatic rings. The third-order valence-electron chi connectivity index (χ3n) is 4.82. The van der Waals surface area contributed by atoms with Gasteiger partial charge in [-0.05, 0) is 61.4 Å². The molecule has 4 rings (SSSR count). The van der Waals surface area contributed by atoms with E-state index in [-0.39, 0.29) is 17.9 Å². The molecule has 3 aromatic rings. The fraction of sp³-hybridized carbons (Fsp3) is 0.182. The number of hydrogen-bond donors (Lipinski definition) is 1. The van der Waals surface area contributed by atoms with Crippen molar-refractivity contribution >= 4 is 17.5 Å². The molecule has 2 aromatic carbocycles. The Kier molecular flexibility index (Phi) is 4.50. The van der Waals surface area contributed by atoms with Gasteiger partial charge in [0.05, 0.1) is 12.8 Å². The Balaban J connectivity index is 1.47. The third-order valence-corrected chi connectivity index (χ3v) is 4.82. The van der Waals surface area contributed by atoms with Crippen molar-refractivity contribution in [2.45, 2.75) is 25.9 Å². The largest absolute Gasteiger partial charge is 0.467 e. The maximum absolute atomic E-state index is 13.0. The highest BCUT2D eigenvalue weighted by molar-refractivity contribution is 6.08. The Bertz CT molecular complexity index is 961. The predicted octanol–water partition coefficient (Wildman–Crippen LogP) is 3.80. The summed E-state index contributed by atoms with van der Waals surface area (Å²) in [5.74, 6) is 0.442. The van der Waals surface area contributed by atoms with Crippen LogP contribution in [-0.2, 0) is 13.0 Å².